The van der Waals surface area contributed by atoms with E-state index in [-0.39, 0.29) is 0 Å². The fourth-order valence-electron chi connectivity index (χ4n) is 2.37. The molecule has 0 aromatic rings. The van der Waals surface area contributed by atoms with Gasteiger partial charge >= 0.3 is 0 Å². The van der Waals surface area contributed by atoms with Crippen molar-refractivity contribution in [3.05, 3.63) is 46.6 Å². The number of thiocarbonyl (C=S) groups is 1. The highest BCUT2D eigenvalue weighted by atomic mass is 32.1. The van der Waals surface area contributed by atoms with E-state index in [9.17, 15) is 0 Å². The standard InChI is InChI=1S/C23H38OS/c1-7-23(25)24-18-17-22(6)16-10-15-21(5)14-9-13-20(4)12-8-11-19(2)3/h11,13,15,17H,7-10,12,14,16,18H2,1-6H3/b20-13+,21-15+,22-17+. The zero-order valence-electron chi connectivity index (χ0n) is 17.3. The molecule has 0 saturated heterocycles. The second kappa shape index (κ2) is 15.1. The van der Waals surface area contributed by atoms with Crippen molar-refractivity contribution < 1.29 is 4.74 Å². The zero-order chi connectivity index (χ0) is 19.1. The van der Waals surface area contributed by atoms with Gasteiger partial charge in [0.2, 0.25) is 0 Å². The maximum Gasteiger partial charge on any atom is 0.159 e. The van der Waals surface area contributed by atoms with E-state index in [1.807, 2.05) is 6.92 Å². The molecular weight excluding hydrogens is 324 g/mol. The summed E-state index contributed by atoms with van der Waals surface area (Å²) >= 11 is 5.05. The van der Waals surface area contributed by atoms with Gasteiger partial charge in [0.05, 0.1) is 0 Å². The minimum Gasteiger partial charge on any atom is -0.483 e. The maximum atomic E-state index is 5.44. The van der Waals surface area contributed by atoms with Gasteiger partial charge in [0.15, 0.2) is 5.05 Å². The molecule has 0 amide bonds. The van der Waals surface area contributed by atoms with Crippen molar-refractivity contribution in [2.45, 2.75) is 86.5 Å². The molecule has 0 heterocycles. The third kappa shape index (κ3) is 16.1. The van der Waals surface area contributed by atoms with Gasteiger partial charge in [0.1, 0.15) is 6.61 Å². The number of hydrogen-bond donors (Lipinski definition) is 0. The fraction of sp³-hybridized carbons (Fsp3) is 0.609. The molecule has 0 fully saturated rings. The first-order valence-electron chi connectivity index (χ1n) is 9.61. The highest BCUT2D eigenvalue weighted by Crippen LogP contribution is 2.13. The van der Waals surface area contributed by atoms with Crippen molar-refractivity contribution >= 4 is 17.3 Å². The van der Waals surface area contributed by atoms with Crippen LogP contribution in [-0.2, 0) is 4.74 Å². The third-order valence-corrected chi connectivity index (χ3v) is 4.53. The average Bonchev–Trinajstić information content (AvgIpc) is 2.54. The van der Waals surface area contributed by atoms with Crippen molar-refractivity contribution in [1.82, 2.24) is 0 Å². The van der Waals surface area contributed by atoms with E-state index in [0.29, 0.717) is 11.7 Å². The first-order chi connectivity index (χ1) is 11.8. The van der Waals surface area contributed by atoms with Gasteiger partial charge in [-0.05, 0) is 91.4 Å². The summed E-state index contributed by atoms with van der Waals surface area (Å²) in [4.78, 5) is 0. The molecule has 0 aromatic carbocycles. The second-order valence-corrected chi connectivity index (χ2v) is 7.54. The van der Waals surface area contributed by atoms with Crippen LogP contribution in [0.3, 0.4) is 0 Å². The van der Waals surface area contributed by atoms with Gasteiger partial charge in [0.25, 0.3) is 0 Å². The van der Waals surface area contributed by atoms with E-state index < -0.39 is 0 Å². The van der Waals surface area contributed by atoms with Crippen molar-refractivity contribution in [2.75, 3.05) is 6.61 Å². The van der Waals surface area contributed by atoms with Crippen molar-refractivity contribution in [3.63, 3.8) is 0 Å². The van der Waals surface area contributed by atoms with Gasteiger partial charge in [0, 0.05) is 6.42 Å². The summed E-state index contributed by atoms with van der Waals surface area (Å²) in [5, 5.41) is 0.698. The molecule has 142 valence electrons. The Balaban J connectivity index is 3.99. The fourth-order valence-corrected chi connectivity index (χ4v) is 2.43. The molecule has 0 unspecified atom stereocenters. The summed E-state index contributed by atoms with van der Waals surface area (Å²) < 4.78 is 5.44. The lowest BCUT2D eigenvalue weighted by Crippen LogP contribution is -1.99. The monoisotopic (exact) mass is 362 g/mol. The molecule has 0 saturated carbocycles. The Bertz CT molecular complexity index is 502. The molecule has 0 atom stereocenters. The van der Waals surface area contributed by atoms with Crippen LogP contribution >= 0.6 is 12.2 Å². The van der Waals surface area contributed by atoms with Crippen LogP contribution in [0, 0.1) is 0 Å². The van der Waals surface area contributed by atoms with Gasteiger partial charge in [-0.15, -0.1) is 0 Å². The summed E-state index contributed by atoms with van der Waals surface area (Å²) in [5.74, 6) is 0. The van der Waals surface area contributed by atoms with E-state index in [1.54, 1.807) is 0 Å². The first kappa shape index (κ1) is 23.9. The molecule has 0 aliphatic carbocycles. The van der Waals surface area contributed by atoms with Crippen LogP contribution in [-0.4, -0.2) is 11.7 Å². The Morgan fingerprint density at radius 3 is 1.60 bits per heavy atom. The molecule has 25 heavy (non-hydrogen) atoms. The molecule has 2 heteroatoms. The van der Waals surface area contributed by atoms with Gasteiger partial charge < -0.3 is 4.74 Å². The Kier molecular flexibility index (Phi) is 14.4. The normalized spacial score (nSPS) is 13.0. The van der Waals surface area contributed by atoms with Crippen LogP contribution in [0.5, 0.6) is 0 Å². The molecule has 0 N–H and O–H groups in total. The SMILES string of the molecule is CCC(=S)OC/C=C(\C)CC/C=C(\C)CC/C=C(\C)CCC=C(C)C. The van der Waals surface area contributed by atoms with Crippen molar-refractivity contribution in [3.8, 4) is 0 Å². The van der Waals surface area contributed by atoms with Crippen molar-refractivity contribution in [1.29, 1.82) is 0 Å². The summed E-state index contributed by atoms with van der Waals surface area (Å²) in [5.41, 5.74) is 5.78. The lowest BCUT2D eigenvalue weighted by Gasteiger charge is -2.04. The first-order valence-corrected chi connectivity index (χ1v) is 10.0. The smallest absolute Gasteiger partial charge is 0.159 e. The quantitative estimate of drug-likeness (QED) is 0.258. The Labute approximate surface area is 161 Å². The van der Waals surface area contributed by atoms with E-state index >= 15 is 0 Å². The number of allylic oxidation sites excluding steroid dienone is 7. The zero-order valence-corrected chi connectivity index (χ0v) is 18.1. The topological polar surface area (TPSA) is 9.23 Å². The van der Waals surface area contributed by atoms with Gasteiger partial charge in [-0.25, -0.2) is 0 Å². The molecule has 0 aliphatic rings. The third-order valence-electron chi connectivity index (χ3n) is 4.12. The van der Waals surface area contributed by atoms with E-state index in [4.69, 9.17) is 17.0 Å². The molecule has 0 aromatic heterocycles. The van der Waals surface area contributed by atoms with Gasteiger partial charge in [-0.2, -0.15) is 0 Å². The highest BCUT2D eigenvalue weighted by molar-refractivity contribution is 7.80. The summed E-state index contributed by atoms with van der Waals surface area (Å²) in [6.07, 6.45) is 16.9. The van der Waals surface area contributed by atoms with Gasteiger partial charge in [-0.1, -0.05) is 47.4 Å². The lowest BCUT2D eigenvalue weighted by molar-refractivity contribution is 0.350. The van der Waals surface area contributed by atoms with Crippen LogP contribution < -0.4 is 0 Å². The molecule has 0 rings (SSSR count). The molecule has 0 aliphatic heterocycles. The molecule has 0 radical (unpaired) electrons. The van der Waals surface area contributed by atoms with E-state index in [1.165, 1.54) is 28.7 Å². The summed E-state index contributed by atoms with van der Waals surface area (Å²) in [7, 11) is 0. The predicted octanol–water partition coefficient (Wildman–Crippen LogP) is 7.89. The largest absolute Gasteiger partial charge is 0.483 e. The van der Waals surface area contributed by atoms with Crippen LogP contribution in [0.25, 0.3) is 0 Å². The summed E-state index contributed by atoms with van der Waals surface area (Å²) in [6.45, 7) is 13.6. The number of ether oxygens (including phenoxy) is 1. The average molecular weight is 363 g/mol. The molecule has 0 bridgehead atoms. The molecule has 0 spiro atoms. The van der Waals surface area contributed by atoms with Crippen LogP contribution in [0.1, 0.15) is 86.5 Å². The lowest BCUT2D eigenvalue weighted by atomic mass is 10.0. The van der Waals surface area contributed by atoms with Crippen molar-refractivity contribution in [2.24, 2.45) is 0 Å². The predicted molar refractivity (Wildman–Crippen MR) is 117 cm³/mol. The highest BCUT2D eigenvalue weighted by Gasteiger charge is 1.95. The maximum absolute atomic E-state index is 5.44. The minimum absolute atomic E-state index is 0.609. The number of rotatable bonds is 12. The Hall–Kier alpha value is -1.15. The Morgan fingerprint density at radius 1 is 0.720 bits per heavy atom. The second-order valence-electron chi connectivity index (χ2n) is 7.09. The summed E-state index contributed by atoms with van der Waals surface area (Å²) in [6, 6.07) is 0. The molecular formula is C23H38OS. The Morgan fingerprint density at radius 2 is 1.16 bits per heavy atom. The van der Waals surface area contributed by atoms with Crippen LogP contribution in [0.15, 0.2) is 46.6 Å². The van der Waals surface area contributed by atoms with Gasteiger partial charge in [-0.3, -0.25) is 0 Å². The van der Waals surface area contributed by atoms with Crippen LogP contribution in [0.4, 0.5) is 0 Å². The van der Waals surface area contributed by atoms with E-state index in [2.05, 4.69) is 58.9 Å². The number of hydrogen-bond acceptors (Lipinski definition) is 2. The van der Waals surface area contributed by atoms with Crippen LogP contribution in [0.2, 0.25) is 0 Å². The van der Waals surface area contributed by atoms with E-state index in [0.717, 1.165) is 38.5 Å². The molecule has 1 nitrogen and oxygen atoms in total. The minimum atomic E-state index is 0.609.